The summed E-state index contributed by atoms with van der Waals surface area (Å²) >= 11 is 0. The summed E-state index contributed by atoms with van der Waals surface area (Å²) in [4.78, 5) is 15.8. The Kier molecular flexibility index (Phi) is 3.50. The molecule has 0 unspecified atom stereocenters. The number of nitrogens with zero attached hydrogens (tertiary/aromatic N) is 2. The van der Waals surface area contributed by atoms with Gasteiger partial charge in [-0.05, 0) is 13.8 Å². The van der Waals surface area contributed by atoms with Gasteiger partial charge in [-0.2, -0.15) is 0 Å². The van der Waals surface area contributed by atoms with Crippen molar-refractivity contribution in [2.45, 2.75) is 19.4 Å². The van der Waals surface area contributed by atoms with Crippen LogP contribution in [-0.4, -0.2) is 61.5 Å². The molecule has 0 aromatic heterocycles. The molecule has 82 valence electrons. The fourth-order valence-corrected chi connectivity index (χ4v) is 1.91. The minimum atomic E-state index is -0.369. The largest absolute Gasteiger partial charge is 0.347 e. The number of carbonyl (C=O) groups excluding carboxylic acids is 1. The zero-order chi connectivity index (χ0) is 10.8. The average molecular weight is 199 g/mol. The number of carbonyl (C=O) groups is 1. The van der Waals surface area contributed by atoms with E-state index in [1.807, 2.05) is 27.9 Å². The Morgan fingerprint density at radius 2 is 1.79 bits per heavy atom. The predicted octanol–water partition coefficient (Wildman–Crippen LogP) is -0.242. The van der Waals surface area contributed by atoms with Crippen LogP contribution in [0.4, 0.5) is 0 Å². The summed E-state index contributed by atoms with van der Waals surface area (Å²) in [7, 11) is 3.62. The fraction of sp³-hybridized carbons (Fsp3) is 0.900. The van der Waals surface area contributed by atoms with E-state index in [2.05, 4.69) is 10.2 Å². The summed E-state index contributed by atoms with van der Waals surface area (Å²) in [6.45, 7) is 7.86. The topological polar surface area (TPSA) is 35.6 Å². The van der Waals surface area contributed by atoms with Crippen molar-refractivity contribution in [2.24, 2.45) is 0 Å². The van der Waals surface area contributed by atoms with E-state index in [1.165, 1.54) is 0 Å². The third-order valence-corrected chi connectivity index (χ3v) is 2.84. The molecule has 0 bridgehead atoms. The minimum Gasteiger partial charge on any atom is -0.347 e. The Morgan fingerprint density at radius 3 is 2.21 bits per heavy atom. The van der Waals surface area contributed by atoms with Gasteiger partial charge in [0.05, 0.1) is 5.54 Å². The summed E-state index contributed by atoms with van der Waals surface area (Å²) < 4.78 is 0. The molecular weight excluding hydrogens is 178 g/mol. The van der Waals surface area contributed by atoms with Gasteiger partial charge in [0.2, 0.25) is 5.91 Å². The number of hydrogen-bond acceptors (Lipinski definition) is 3. The molecule has 1 saturated heterocycles. The molecule has 4 heteroatoms. The molecule has 1 fully saturated rings. The van der Waals surface area contributed by atoms with Crippen LogP contribution in [-0.2, 0) is 4.79 Å². The van der Waals surface area contributed by atoms with Crippen LogP contribution in [0.25, 0.3) is 0 Å². The third kappa shape index (κ3) is 2.25. The predicted molar refractivity (Wildman–Crippen MR) is 57.2 cm³/mol. The zero-order valence-corrected chi connectivity index (χ0v) is 9.63. The molecule has 0 aromatic rings. The van der Waals surface area contributed by atoms with Crippen LogP contribution >= 0.6 is 0 Å². The highest BCUT2D eigenvalue weighted by atomic mass is 16.2. The van der Waals surface area contributed by atoms with E-state index in [0.29, 0.717) is 0 Å². The van der Waals surface area contributed by atoms with Crippen molar-refractivity contribution < 1.29 is 4.79 Å². The third-order valence-electron chi connectivity index (χ3n) is 2.84. The Hall–Kier alpha value is -0.610. The summed E-state index contributed by atoms with van der Waals surface area (Å²) in [5.74, 6) is 0.180. The van der Waals surface area contributed by atoms with Crippen molar-refractivity contribution in [3.63, 3.8) is 0 Å². The van der Waals surface area contributed by atoms with Crippen LogP contribution < -0.4 is 5.32 Å². The van der Waals surface area contributed by atoms with Gasteiger partial charge in [-0.3, -0.25) is 9.69 Å². The molecule has 0 radical (unpaired) electrons. The standard InChI is InChI=1S/C10H21N3O/c1-10(2,9(14)12(3)4)13-7-5-11-6-8-13/h11H,5-8H2,1-4H3. The van der Waals surface area contributed by atoms with Crippen LogP contribution in [0.5, 0.6) is 0 Å². The monoisotopic (exact) mass is 199 g/mol. The Bertz CT molecular complexity index is 207. The van der Waals surface area contributed by atoms with E-state index < -0.39 is 0 Å². The zero-order valence-electron chi connectivity index (χ0n) is 9.63. The van der Waals surface area contributed by atoms with E-state index in [1.54, 1.807) is 4.90 Å². The highest BCUT2D eigenvalue weighted by Gasteiger charge is 2.35. The fourth-order valence-electron chi connectivity index (χ4n) is 1.91. The summed E-state index contributed by atoms with van der Waals surface area (Å²) in [6, 6.07) is 0. The van der Waals surface area contributed by atoms with Gasteiger partial charge in [0, 0.05) is 40.3 Å². The van der Waals surface area contributed by atoms with Crippen molar-refractivity contribution in [3.05, 3.63) is 0 Å². The molecule has 0 aromatic carbocycles. The van der Waals surface area contributed by atoms with Gasteiger partial charge in [-0.25, -0.2) is 0 Å². The number of amides is 1. The van der Waals surface area contributed by atoms with Crippen LogP contribution in [0, 0.1) is 0 Å². The van der Waals surface area contributed by atoms with E-state index in [-0.39, 0.29) is 11.4 Å². The molecular formula is C10H21N3O. The Morgan fingerprint density at radius 1 is 1.29 bits per heavy atom. The lowest BCUT2D eigenvalue weighted by Crippen LogP contribution is -2.59. The lowest BCUT2D eigenvalue weighted by atomic mass is 10.00. The molecule has 1 aliphatic heterocycles. The van der Waals surface area contributed by atoms with Crippen LogP contribution in [0.2, 0.25) is 0 Å². The van der Waals surface area contributed by atoms with Crippen molar-refractivity contribution in [2.75, 3.05) is 40.3 Å². The molecule has 0 aliphatic carbocycles. The van der Waals surface area contributed by atoms with Crippen LogP contribution in [0.1, 0.15) is 13.8 Å². The van der Waals surface area contributed by atoms with Crippen LogP contribution in [0.3, 0.4) is 0 Å². The molecule has 1 amide bonds. The second kappa shape index (κ2) is 4.28. The average Bonchev–Trinajstić information content (AvgIpc) is 2.18. The number of rotatable bonds is 2. The summed E-state index contributed by atoms with van der Waals surface area (Å²) in [5, 5.41) is 3.29. The van der Waals surface area contributed by atoms with E-state index in [4.69, 9.17) is 0 Å². The molecule has 14 heavy (non-hydrogen) atoms. The van der Waals surface area contributed by atoms with Gasteiger partial charge >= 0.3 is 0 Å². The smallest absolute Gasteiger partial charge is 0.242 e. The second-order valence-electron chi connectivity index (χ2n) is 4.50. The molecule has 1 heterocycles. The first-order valence-electron chi connectivity index (χ1n) is 5.14. The molecule has 1 N–H and O–H groups in total. The number of nitrogens with one attached hydrogen (secondary N) is 1. The molecule has 0 saturated carbocycles. The summed E-state index contributed by atoms with van der Waals surface area (Å²) in [6.07, 6.45) is 0. The second-order valence-corrected chi connectivity index (χ2v) is 4.50. The quantitative estimate of drug-likeness (QED) is 0.666. The van der Waals surface area contributed by atoms with Crippen molar-refractivity contribution in [1.82, 2.24) is 15.1 Å². The number of likely N-dealkylation sites (N-methyl/N-ethyl adjacent to an activating group) is 1. The molecule has 0 spiro atoms. The number of piperazine rings is 1. The molecule has 1 aliphatic rings. The number of hydrogen-bond donors (Lipinski definition) is 1. The maximum Gasteiger partial charge on any atom is 0.242 e. The van der Waals surface area contributed by atoms with Crippen LogP contribution in [0.15, 0.2) is 0 Å². The van der Waals surface area contributed by atoms with Crippen molar-refractivity contribution in [3.8, 4) is 0 Å². The Labute approximate surface area is 86.2 Å². The highest BCUT2D eigenvalue weighted by Crippen LogP contribution is 2.16. The summed E-state index contributed by atoms with van der Waals surface area (Å²) in [5.41, 5.74) is -0.369. The van der Waals surface area contributed by atoms with Crippen molar-refractivity contribution in [1.29, 1.82) is 0 Å². The Balaban J connectivity index is 2.66. The maximum absolute atomic E-state index is 11.9. The molecule has 1 rings (SSSR count). The molecule has 4 nitrogen and oxygen atoms in total. The van der Waals surface area contributed by atoms with Gasteiger partial charge in [0.25, 0.3) is 0 Å². The minimum absolute atomic E-state index is 0.180. The first-order valence-corrected chi connectivity index (χ1v) is 5.14. The van der Waals surface area contributed by atoms with Gasteiger partial charge in [0.15, 0.2) is 0 Å². The van der Waals surface area contributed by atoms with E-state index in [9.17, 15) is 4.79 Å². The SMILES string of the molecule is CN(C)C(=O)C(C)(C)N1CCNCC1. The van der Waals surface area contributed by atoms with Gasteiger partial charge < -0.3 is 10.2 Å². The molecule has 0 atom stereocenters. The normalized spacial score (nSPS) is 19.4. The first kappa shape index (κ1) is 11.5. The first-order chi connectivity index (χ1) is 6.46. The lowest BCUT2D eigenvalue weighted by Gasteiger charge is -2.41. The van der Waals surface area contributed by atoms with E-state index >= 15 is 0 Å². The van der Waals surface area contributed by atoms with Gasteiger partial charge in [0.1, 0.15) is 0 Å². The van der Waals surface area contributed by atoms with Crippen molar-refractivity contribution >= 4 is 5.91 Å². The lowest BCUT2D eigenvalue weighted by molar-refractivity contribution is -0.140. The van der Waals surface area contributed by atoms with Gasteiger partial charge in [-0.1, -0.05) is 0 Å². The van der Waals surface area contributed by atoms with Gasteiger partial charge in [-0.15, -0.1) is 0 Å². The van der Waals surface area contributed by atoms with E-state index in [0.717, 1.165) is 26.2 Å². The maximum atomic E-state index is 11.9. The highest BCUT2D eigenvalue weighted by molar-refractivity contribution is 5.85.